The van der Waals surface area contributed by atoms with Gasteiger partial charge in [-0.25, -0.2) is 0 Å². The van der Waals surface area contributed by atoms with Gasteiger partial charge in [0.15, 0.2) is 5.76 Å². The predicted octanol–water partition coefficient (Wildman–Crippen LogP) is 2.27. The fraction of sp³-hybridized carbons (Fsp3) is 0.500. The van der Waals surface area contributed by atoms with Gasteiger partial charge in [-0.2, -0.15) is 0 Å². The van der Waals surface area contributed by atoms with Gasteiger partial charge in [-0.3, -0.25) is 9.69 Å². The Labute approximate surface area is 136 Å². The van der Waals surface area contributed by atoms with Crippen molar-refractivity contribution in [2.45, 2.75) is 26.3 Å². The van der Waals surface area contributed by atoms with Crippen LogP contribution in [-0.4, -0.2) is 59.1 Å². The highest BCUT2D eigenvalue weighted by Gasteiger charge is 2.31. The zero-order chi connectivity index (χ0) is 16.6. The maximum atomic E-state index is 12.6. The van der Waals surface area contributed by atoms with Gasteiger partial charge in [0.2, 0.25) is 0 Å². The van der Waals surface area contributed by atoms with Crippen LogP contribution in [0, 0.1) is 6.92 Å². The van der Waals surface area contributed by atoms with Gasteiger partial charge in [0.25, 0.3) is 5.91 Å². The number of hydrogen-bond donors (Lipinski definition) is 1. The smallest absolute Gasteiger partial charge is 0.289 e. The average molecular weight is 316 g/mol. The Morgan fingerprint density at radius 3 is 2.57 bits per heavy atom. The lowest BCUT2D eigenvalue weighted by molar-refractivity contribution is 0.0154. The third-order valence-electron chi connectivity index (χ3n) is 4.69. The van der Waals surface area contributed by atoms with Crippen molar-refractivity contribution in [2.75, 3.05) is 32.8 Å². The molecule has 2 aromatic rings. The summed E-state index contributed by atoms with van der Waals surface area (Å²) in [7, 11) is 0. The molecule has 5 heteroatoms. The number of carbonyl (C=O) groups excluding carboxylic acids is 1. The summed E-state index contributed by atoms with van der Waals surface area (Å²) in [5.41, 5.74) is 1.66. The Morgan fingerprint density at radius 1 is 1.22 bits per heavy atom. The van der Waals surface area contributed by atoms with Crippen LogP contribution in [-0.2, 0) is 0 Å². The number of piperazine rings is 1. The minimum Gasteiger partial charge on any atom is -0.451 e. The Balaban J connectivity index is 1.71. The normalized spacial score (nSPS) is 17.0. The lowest BCUT2D eigenvalue weighted by Crippen LogP contribution is -2.57. The Bertz CT molecular complexity index is 712. The molecule has 0 atom stereocenters. The molecule has 1 amide bonds. The van der Waals surface area contributed by atoms with E-state index in [0.29, 0.717) is 18.8 Å². The molecule has 23 heavy (non-hydrogen) atoms. The van der Waals surface area contributed by atoms with Crippen LogP contribution in [0.15, 0.2) is 28.7 Å². The topological polar surface area (TPSA) is 56.9 Å². The maximum Gasteiger partial charge on any atom is 0.289 e. The number of benzene rings is 1. The van der Waals surface area contributed by atoms with Gasteiger partial charge in [-0.15, -0.1) is 0 Å². The molecule has 5 nitrogen and oxygen atoms in total. The van der Waals surface area contributed by atoms with Gasteiger partial charge < -0.3 is 14.4 Å². The highest BCUT2D eigenvalue weighted by atomic mass is 16.3. The van der Waals surface area contributed by atoms with E-state index in [4.69, 9.17) is 4.42 Å². The van der Waals surface area contributed by atoms with Gasteiger partial charge in [-0.05, 0) is 39.0 Å². The number of rotatable bonds is 3. The first-order chi connectivity index (χ1) is 10.9. The van der Waals surface area contributed by atoms with Crippen molar-refractivity contribution in [3.8, 4) is 0 Å². The lowest BCUT2D eigenvalue weighted by Gasteiger charge is -2.42. The van der Waals surface area contributed by atoms with Crippen LogP contribution in [0.3, 0.4) is 0 Å². The van der Waals surface area contributed by atoms with Crippen molar-refractivity contribution < 1.29 is 14.3 Å². The Kier molecular flexibility index (Phi) is 4.17. The first-order valence-corrected chi connectivity index (χ1v) is 8.06. The van der Waals surface area contributed by atoms with Gasteiger partial charge in [0.05, 0.1) is 6.61 Å². The summed E-state index contributed by atoms with van der Waals surface area (Å²) in [4.78, 5) is 16.7. The van der Waals surface area contributed by atoms with E-state index < -0.39 is 0 Å². The summed E-state index contributed by atoms with van der Waals surface area (Å²) in [6.45, 7) is 9.01. The van der Waals surface area contributed by atoms with Crippen molar-refractivity contribution in [1.82, 2.24) is 9.80 Å². The number of carbonyl (C=O) groups is 1. The molecule has 1 aromatic heterocycles. The van der Waals surface area contributed by atoms with E-state index >= 15 is 0 Å². The number of nitrogens with zero attached hydrogens (tertiary/aromatic N) is 2. The maximum absolute atomic E-state index is 12.6. The number of aliphatic hydroxyl groups is 1. The number of aliphatic hydroxyl groups excluding tert-OH is 1. The summed E-state index contributed by atoms with van der Waals surface area (Å²) in [5, 5.41) is 10.4. The van der Waals surface area contributed by atoms with Crippen molar-refractivity contribution in [1.29, 1.82) is 0 Å². The van der Waals surface area contributed by atoms with Gasteiger partial charge in [-0.1, -0.05) is 11.6 Å². The van der Waals surface area contributed by atoms with Gasteiger partial charge >= 0.3 is 0 Å². The number of furan rings is 1. The molecule has 2 heterocycles. The van der Waals surface area contributed by atoms with Crippen molar-refractivity contribution in [3.05, 3.63) is 35.6 Å². The molecule has 3 rings (SSSR count). The van der Waals surface area contributed by atoms with Crippen LogP contribution in [0.4, 0.5) is 0 Å². The number of hydrogen-bond acceptors (Lipinski definition) is 4. The Morgan fingerprint density at radius 2 is 1.91 bits per heavy atom. The van der Waals surface area contributed by atoms with Crippen LogP contribution >= 0.6 is 0 Å². The summed E-state index contributed by atoms with van der Waals surface area (Å²) < 4.78 is 5.71. The second-order valence-corrected chi connectivity index (χ2v) is 6.90. The largest absolute Gasteiger partial charge is 0.451 e. The molecule has 0 saturated carbocycles. The van der Waals surface area contributed by atoms with Crippen molar-refractivity contribution >= 4 is 16.9 Å². The lowest BCUT2D eigenvalue weighted by atomic mass is 10.0. The van der Waals surface area contributed by atoms with E-state index in [1.807, 2.05) is 49.9 Å². The zero-order valence-corrected chi connectivity index (χ0v) is 14.0. The molecule has 1 N–H and O–H groups in total. The molecule has 0 radical (unpaired) electrons. The molecule has 0 spiro atoms. The SMILES string of the molecule is Cc1ccc2oc(C(=O)N3CCN(C(C)(C)CO)CC3)cc2c1. The highest BCUT2D eigenvalue weighted by molar-refractivity contribution is 5.96. The number of amides is 1. The molecule has 0 bridgehead atoms. The molecule has 1 fully saturated rings. The van der Waals surface area contributed by atoms with Crippen molar-refractivity contribution in [2.24, 2.45) is 0 Å². The predicted molar refractivity (Wildman–Crippen MR) is 89.6 cm³/mol. The van der Waals surface area contributed by atoms with Crippen LogP contribution in [0.1, 0.15) is 30.0 Å². The third-order valence-corrected chi connectivity index (χ3v) is 4.69. The first-order valence-electron chi connectivity index (χ1n) is 8.06. The quantitative estimate of drug-likeness (QED) is 0.944. The Hall–Kier alpha value is -1.85. The highest BCUT2D eigenvalue weighted by Crippen LogP contribution is 2.23. The van der Waals surface area contributed by atoms with Gasteiger partial charge in [0.1, 0.15) is 5.58 Å². The molecular weight excluding hydrogens is 292 g/mol. The van der Waals surface area contributed by atoms with Crippen LogP contribution in [0.5, 0.6) is 0 Å². The van der Waals surface area contributed by atoms with Crippen molar-refractivity contribution in [3.63, 3.8) is 0 Å². The molecule has 0 aliphatic carbocycles. The van der Waals surface area contributed by atoms with E-state index in [-0.39, 0.29) is 18.1 Å². The van der Waals surface area contributed by atoms with E-state index in [2.05, 4.69) is 4.90 Å². The summed E-state index contributed by atoms with van der Waals surface area (Å²) in [6, 6.07) is 7.74. The second kappa shape index (κ2) is 5.98. The first kappa shape index (κ1) is 16.0. The van der Waals surface area contributed by atoms with Crippen LogP contribution in [0.2, 0.25) is 0 Å². The standard InChI is InChI=1S/C18H24N2O3/c1-13-4-5-15-14(10-13)11-16(23-15)17(22)19-6-8-20(9-7-19)18(2,3)12-21/h4-5,10-11,21H,6-9,12H2,1-3H3. The molecule has 1 aromatic carbocycles. The van der Waals surface area contributed by atoms with E-state index in [1.54, 1.807) is 0 Å². The number of aryl methyl sites for hydroxylation is 1. The summed E-state index contributed by atoms with van der Waals surface area (Å²) >= 11 is 0. The zero-order valence-electron chi connectivity index (χ0n) is 14.0. The summed E-state index contributed by atoms with van der Waals surface area (Å²) in [6.07, 6.45) is 0. The molecular formula is C18H24N2O3. The van der Waals surface area contributed by atoms with Gasteiger partial charge in [0, 0.05) is 37.1 Å². The summed E-state index contributed by atoms with van der Waals surface area (Å²) in [5.74, 6) is 0.348. The fourth-order valence-electron chi connectivity index (χ4n) is 3.04. The average Bonchev–Trinajstić information content (AvgIpc) is 2.97. The van der Waals surface area contributed by atoms with E-state index in [1.165, 1.54) is 0 Å². The monoisotopic (exact) mass is 316 g/mol. The number of fused-ring (bicyclic) bond motifs is 1. The molecule has 1 saturated heterocycles. The minimum absolute atomic E-state index is 0.0553. The third kappa shape index (κ3) is 3.12. The van der Waals surface area contributed by atoms with E-state index in [9.17, 15) is 9.90 Å². The molecule has 124 valence electrons. The van der Waals surface area contributed by atoms with Crippen LogP contribution in [0.25, 0.3) is 11.0 Å². The van der Waals surface area contributed by atoms with Crippen LogP contribution < -0.4 is 0 Å². The molecule has 1 aliphatic rings. The molecule has 0 unspecified atom stereocenters. The van der Waals surface area contributed by atoms with E-state index in [0.717, 1.165) is 29.6 Å². The minimum atomic E-state index is -0.244. The molecule has 1 aliphatic heterocycles. The second-order valence-electron chi connectivity index (χ2n) is 6.90. The fourth-order valence-corrected chi connectivity index (χ4v) is 3.04.